The molecule has 2 amide bonds. The number of hydrogen-bond acceptors (Lipinski definition) is 5. The van der Waals surface area contributed by atoms with Gasteiger partial charge in [0.1, 0.15) is 5.82 Å². The van der Waals surface area contributed by atoms with E-state index in [2.05, 4.69) is 38.4 Å². The third-order valence-electron chi connectivity index (χ3n) is 4.37. The van der Waals surface area contributed by atoms with Crippen molar-refractivity contribution in [1.82, 2.24) is 5.43 Å². The van der Waals surface area contributed by atoms with Gasteiger partial charge in [-0.1, -0.05) is 12.1 Å². The minimum absolute atomic E-state index is 0.238. The number of carbonyl (C=O) groups excluding carboxylic acids is 2. The fourth-order valence-electron chi connectivity index (χ4n) is 2.76. The van der Waals surface area contributed by atoms with Crippen LogP contribution in [0, 0.1) is 9.39 Å². The van der Waals surface area contributed by atoms with Crippen molar-refractivity contribution in [3.05, 3.63) is 86.7 Å². The average Bonchev–Trinajstić information content (AvgIpc) is 2.80. The van der Waals surface area contributed by atoms with E-state index in [1.807, 2.05) is 0 Å². The van der Waals surface area contributed by atoms with Crippen LogP contribution < -0.4 is 20.2 Å². The summed E-state index contributed by atoms with van der Waals surface area (Å²) in [5, 5.41) is 6.65. The number of benzene rings is 3. The van der Waals surface area contributed by atoms with E-state index >= 15 is 0 Å². The van der Waals surface area contributed by atoms with Gasteiger partial charge in [-0.15, -0.1) is 0 Å². The second-order valence-electron chi connectivity index (χ2n) is 6.46. The lowest BCUT2D eigenvalue weighted by Crippen LogP contribution is -2.21. The van der Waals surface area contributed by atoms with E-state index in [9.17, 15) is 14.0 Å². The number of halogens is 2. The quantitative estimate of drug-likeness (QED) is 0.260. The Hall–Kier alpha value is -3.47. The third kappa shape index (κ3) is 5.82. The van der Waals surface area contributed by atoms with Crippen molar-refractivity contribution < 1.29 is 23.5 Å². The van der Waals surface area contributed by atoms with E-state index < -0.39 is 11.8 Å². The Labute approximate surface area is 197 Å². The van der Waals surface area contributed by atoms with Crippen LogP contribution in [0.25, 0.3) is 0 Å². The van der Waals surface area contributed by atoms with E-state index in [-0.39, 0.29) is 11.4 Å². The van der Waals surface area contributed by atoms with Gasteiger partial charge in [0.2, 0.25) is 0 Å². The van der Waals surface area contributed by atoms with E-state index in [4.69, 9.17) is 9.47 Å². The van der Waals surface area contributed by atoms with Gasteiger partial charge < -0.3 is 14.8 Å². The van der Waals surface area contributed by atoms with Gasteiger partial charge in [0.25, 0.3) is 11.8 Å². The standard InChI is InChI=1S/C23H19FIN3O4/c1-31-20-10-5-15(11-21(20)32-2)22(29)27-19-9-8-17(25)12-18(19)23(30)28-26-13-14-3-6-16(24)7-4-14/h3-13H,1-2H3,(H,27,29)(H,28,30)/b26-13+. The van der Waals surface area contributed by atoms with E-state index in [0.717, 1.165) is 3.57 Å². The van der Waals surface area contributed by atoms with Gasteiger partial charge in [0.05, 0.1) is 31.7 Å². The van der Waals surface area contributed by atoms with Gasteiger partial charge in [-0.3, -0.25) is 9.59 Å². The Morgan fingerprint density at radius 1 is 0.938 bits per heavy atom. The summed E-state index contributed by atoms with van der Waals surface area (Å²) in [7, 11) is 2.99. The molecule has 3 rings (SSSR count). The Morgan fingerprint density at radius 2 is 1.66 bits per heavy atom. The van der Waals surface area contributed by atoms with Crippen molar-refractivity contribution in [2.24, 2.45) is 5.10 Å². The lowest BCUT2D eigenvalue weighted by Gasteiger charge is -2.12. The Kier molecular flexibility index (Phi) is 7.77. The minimum Gasteiger partial charge on any atom is -0.493 e. The minimum atomic E-state index is -0.510. The molecule has 7 nitrogen and oxygen atoms in total. The third-order valence-corrected chi connectivity index (χ3v) is 5.04. The van der Waals surface area contributed by atoms with Crippen LogP contribution in [0.15, 0.2) is 65.8 Å². The highest BCUT2D eigenvalue weighted by Crippen LogP contribution is 2.28. The summed E-state index contributed by atoms with van der Waals surface area (Å²) >= 11 is 2.07. The molecule has 0 aliphatic heterocycles. The Morgan fingerprint density at radius 3 is 2.34 bits per heavy atom. The molecule has 164 valence electrons. The van der Waals surface area contributed by atoms with E-state index in [0.29, 0.717) is 28.3 Å². The van der Waals surface area contributed by atoms with Gasteiger partial charge in [-0.2, -0.15) is 5.10 Å². The summed E-state index contributed by atoms with van der Waals surface area (Å²) in [6, 6.07) is 15.5. The molecular formula is C23H19FIN3O4. The van der Waals surface area contributed by atoms with Crippen LogP contribution >= 0.6 is 22.6 Å². The molecule has 0 bridgehead atoms. The molecule has 0 radical (unpaired) electrons. The van der Waals surface area contributed by atoms with Crippen LogP contribution in [0.5, 0.6) is 11.5 Å². The predicted octanol–water partition coefficient (Wildman–Crippen LogP) is 4.46. The monoisotopic (exact) mass is 547 g/mol. The fourth-order valence-corrected chi connectivity index (χ4v) is 3.25. The zero-order valence-electron chi connectivity index (χ0n) is 17.2. The zero-order valence-corrected chi connectivity index (χ0v) is 19.3. The number of methoxy groups -OCH3 is 2. The van der Waals surface area contributed by atoms with Gasteiger partial charge in [-0.05, 0) is 76.7 Å². The molecular weight excluding hydrogens is 528 g/mol. The summed E-state index contributed by atoms with van der Waals surface area (Å²) in [6.45, 7) is 0. The molecule has 0 saturated carbocycles. The van der Waals surface area contributed by atoms with Gasteiger partial charge >= 0.3 is 0 Å². The maximum atomic E-state index is 13.0. The lowest BCUT2D eigenvalue weighted by atomic mass is 10.1. The van der Waals surface area contributed by atoms with Crippen LogP contribution in [0.4, 0.5) is 10.1 Å². The largest absolute Gasteiger partial charge is 0.493 e. The molecule has 0 unspecified atom stereocenters. The predicted molar refractivity (Wildman–Crippen MR) is 128 cm³/mol. The Bertz CT molecular complexity index is 1170. The molecule has 0 aromatic heterocycles. The number of nitrogens with one attached hydrogen (secondary N) is 2. The first-order chi connectivity index (χ1) is 15.4. The summed E-state index contributed by atoms with van der Waals surface area (Å²) in [5.74, 6) is -0.381. The molecule has 3 aromatic rings. The van der Waals surface area contributed by atoms with E-state index in [1.54, 1.807) is 36.4 Å². The van der Waals surface area contributed by atoms with Crippen LogP contribution in [0.2, 0.25) is 0 Å². The lowest BCUT2D eigenvalue weighted by molar-refractivity contribution is 0.0956. The smallest absolute Gasteiger partial charge is 0.273 e. The van der Waals surface area contributed by atoms with Gasteiger partial charge in [0, 0.05) is 9.13 Å². The van der Waals surface area contributed by atoms with Crippen molar-refractivity contribution in [2.75, 3.05) is 19.5 Å². The van der Waals surface area contributed by atoms with E-state index in [1.165, 1.54) is 44.7 Å². The second kappa shape index (κ2) is 10.7. The number of ether oxygens (including phenoxy) is 2. The topological polar surface area (TPSA) is 89.0 Å². The molecule has 0 aliphatic rings. The number of anilines is 1. The first-order valence-corrected chi connectivity index (χ1v) is 10.4. The van der Waals surface area contributed by atoms with Crippen molar-refractivity contribution >= 4 is 46.3 Å². The normalized spacial score (nSPS) is 10.6. The number of hydrogen-bond donors (Lipinski definition) is 2. The first kappa shape index (κ1) is 23.2. The molecule has 0 saturated heterocycles. The molecule has 0 heterocycles. The highest BCUT2D eigenvalue weighted by molar-refractivity contribution is 14.1. The number of carbonyl (C=O) groups is 2. The molecule has 0 aliphatic carbocycles. The maximum Gasteiger partial charge on any atom is 0.273 e. The van der Waals surface area contributed by atoms with Crippen LogP contribution in [0.3, 0.4) is 0 Å². The second-order valence-corrected chi connectivity index (χ2v) is 7.71. The van der Waals surface area contributed by atoms with Crippen LogP contribution in [0.1, 0.15) is 26.3 Å². The number of rotatable bonds is 7. The van der Waals surface area contributed by atoms with Gasteiger partial charge in [0.15, 0.2) is 11.5 Å². The summed E-state index contributed by atoms with van der Waals surface area (Å²) < 4.78 is 24.2. The van der Waals surface area contributed by atoms with Crippen molar-refractivity contribution in [3.8, 4) is 11.5 Å². The summed E-state index contributed by atoms with van der Waals surface area (Å²) in [5.41, 5.74) is 3.94. The first-order valence-electron chi connectivity index (χ1n) is 9.33. The zero-order chi connectivity index (χ0) is 23.1. The summed E-state index contributed by atoms with van der Waals surface area (Å²) in [4.78, 5) is 25.5. The molecule has 0 spiro atoms. The van der Waals surface area contributed by atoms with Crippen molar-refractivity contribution in [2.45, 2.75) is 0 Å². The highest BCUT2D eigenvalue weighted by Gasteiger charge is 2.16. The summed E-state index contributed by atoms with van der Waals surface area (Å²) in [6.07, 6.45) is 1.40. The van der Waals surface area contributed by atoms with Crippen LogP contribution in [-0.4, -0.2) is 32.2 Å². The number of nitrogens with zero attached hydrogens (tertiary/aromatic N) is 1. The molecule has 9 heteroatoms. The Balaban J connectivity index is 1.77. The molecule has 3 aromatic carbocycles. The molecule has 32 heavy (non-hydrogen) atoms. The number of amides is 2. The van der Waals surface area contributed by atoms with Crippen molar-refractivity contribution in [1.29, 1.82) is 0 Å². The fraction of sp³-hybridized carbons (Fsp3) is 0.0870. The highest BCUT2D eigenvalue weighted by atomic mass is 127. The molecule has 2 N–H and O–H groups in total. The van der Waals surface area contributed by atoms with Crippen molar-refractivity contribution in [3.63, 3.8) is 0 Å². The number of hydrazone groups is 1. The maximum absolute atomic E-state index is 13.0. The average molecular weight is 547 g/mol. The SMILES string of the molecule is COc1ccc(C(=O)Nc2ccc(I)cc2C(=O)N/N=C/c2ccc(F)cc2)cc1OC. The van der Waals surface area contributed by atoms with Gasteiger partial charge in [-0.25, -0.2) is 9.82 Å². The molecule has 0 fully saturated rings. The van der Waals surface area contributed by atoms with Crippen LogP contribution in [-0.2, 0) is 0 Å². The molecule has 0 atom stereocenters.